The van der Waals surface area contributed by atoms with Crippen LogP contribution in [0.15, 0.2) is 72.0 Å². The third-order valence-electron chi connectivity index (χ3n) is 5.58. The monoisotopic (exact) mass is 442 g/mol. The Bertz CT molecular complexity index is 1320. The number of aromatic nitrogens is 5. The summed E-state index contributed by atoms with van der Waals surface area (Å²) in [5.74, 6) is 1.29. The highest BCUT2D eigenvalue weighted by Gasteiger charge is 2.22. The molecule has 0 atom stereocenters. The van der Waals surface area contributed by atoms with Crippen LogP contribution in [0.3, 0.4) is 0 Å². The number of fused-ring (bicyclic) bond motifs is 1. The Kier molecular flexibility index (Phi) is 5.62. The molecule has 0 unspecified atom stereocenters. The van der Waals surface area contributed by atoms with Crippen molar-refractivity contribution in [2.75, 3.05) is 36.4 Å². The molecule has 1 aromatic carbocycles. The van der Waals surface area contributed by atoms with Crippen LogP contribution >= 0.6 is 0 Å². The van der Waals surface area contributed by atoms with Crippen molar-refractivity contribution in [3.05, 3.63) is 77.6 Å². The summed E-state index contributed by atoms with van der Waals surface area (Å²) in [5, 5.41) is 12.2. The standard InChI is InChI=1S/C23H22N8O2/c32-22(15-31-16-25-19-6-2-1-5-18(19)23(31)33)30-12-10-29(11-13-30)21-8-7-20(27-28-21)26-17-4-3-9-24-14-17/h1-9,14,16H,10-13,15H2,(H,26,27). The van der Waals surface area contributed by atoms with Crippen molar-refractivity contribution in [1.82, 2.24) is 29.6 Å². The van der Waals surface area contributed by atoms with Crippen LogP contribution < -0.4 is 15.8 Å². The molecule has 5 rings (SSSR count). The zero-order chi connectivity index (χ0) is 22.6. The second-order valence-corrected chi connectivity index (χ2v) is 7.71. The first kappa shape index (κ1) is 20.6. The molecule has 0 spiro atoms. The minimum absolute atomic E-state index is 0.0226. The lowest BCUT2D eigenvalue weighted by molar-refractivity contribution is -0.132. The van der Waals surface area contributed by atoms with Gasteiger partial charge in [-0.2, -0.15) is 0 Å². The largest absolute Gasteiger partial charge is 0.352 e. The van der Waals surface area contributed by atoms with Crippen molar-refractivity contribution in [2.45, 2.75) is 6.54 Å². The van der Waals surface area contributed by atoms with E-state index in [2.05, 4.69) is 30.4 Å². The Labute approximate surface area is 189 Å². The number of carbonyl (C=O) groups is 1. The molecule has 3 aromatic heterocycles. The highest BCUT2D eigenvalue weighted by atomic mass is 16.2. The molecule has 0 saturated carbocycles. The number of piperazine rings is 1. The van der Waals surface area contributed by atoms with Crippen molar-refractivity contribution in [2.24, 2.45) is 0 Å². The number of para-hydroxylation sites is 1. The Morgan fingerprint density at radius 1 is 0.970 bits per heavy atom. The quantitative estimate of drug-likeness (QED) is 0.497. The molecule has 10 heteroatoms. The maximum Gasteiger partial charge on any atom is 0.261 e. The van der Waals surface area contributed by atoms with E-state index in [0.29, 0.717) is 42.9 Å². The topological polar surface area (TPSA) is 109 Å². The summed E-state index contributed by atoms with van der Waals surface area (Å²) in [6, 6.07) is 14.7. The van der Waals surface area contributed by atoms with E-state index >= 15 is 0 Å². The van der Waals surface area contributed by atoms with Crippen LogP contribution in [0.1, 0.15) is 0 Å². The summed E-state index contributed by atoms with van der Waals surface area (Å²) in [5.41, 5.74) is 1.26. The van der Waals surface area contributed by atoms with Gasteiger partial charge >= 0.3 is 0 Å². The van der Waals surface area contributed by atoms with Gasteiger partial charge in [-0.3, -0.25) is 19.1 Å². The Morgan fingerprint density at radius 3 is 2.58 bits per heavy atom. The molecule has 0 aliphatic carbocycles. The van der Waals surface area contributed by atoms with Gasteiger partial charge in [-0.05, 0) is 36.4 Å². The molecule has 0 bridgehead atoms. The molecule has 1 fully saturated rings. The molecule has 1 amide bonds. The van der Waals surface area contributed by atoms with E-state index in [9.17, 15) is 9.59 Å². The highest BCUT2D eigenvalue weighted by molar-refractivity contribution is 5.79. The minimum atomic E-state index is -0.206. The van der Waals surface area contributed by atoms with Crippen molar-refractivity contribution in [1.29, 1.82) is 0 Å². The fourth-order valence-corrected chi connectivity index (χ4v) is 3.79. The number of pyridine rings is 1. The number of carbonyl (C=O) groups excluding carboxylic acids is 1. The number of amides is 1. The van der Waals surface area contributed by atoms with Gasteiger partial charge in [0.15, 0.2) is 11.6 Å². The number of nitrogens with one attached hydrogen (secondary N) is 1. The Balaban J connectivity index is 1.18. The predicted molar refractivity (Wildman–Crippen MR) is 124 cm³/mol. The second-order valence-electron chi connectivity index (χ2n) is 7.71. The predicted octanol–water partition coefficient (Wildman–Crippen LogP) is 1.67. The zero-order valence-corrected chi connectivity index (χ0v) is 17.8. The van der Waals surface area contributed by atoms with Gasteiger partial charge < -0.3 is 15.1 Å². The van der Waals surface area contributed by atoms with Gasteiger partial charge in [-0.1, -0.05) is 12.1 Å². The summed E-state index contributed by atoms with van der Waals surface area (Å²) in [6.45, 7) is 2.35. The van der Waals surface area contributed by atoms with Gasteiger partial charge in [0, 0.05) is 32.4 Å². The highest BCUT2D eigenvalue weighted by Crippen LogP contribution is 2.17. The fraction of sp³-hybridized carbons (Fsp3) is 0.217. The normalized spacial score (nSPS) is 13.8. The smallest absolute Gasteiger partial charge is 0.261 e. The van der Waals surface area contributed by atoms with Crippen LogP contribution in [-0.4, -0.2) is 61.7 Å². The summed E-state index contributed by atoms with van der Waals surface area (Å²) in [4.78, 5) is 37.7. The first-order valence-corrected chi connectivity index (χ1v) is 10.6. The summed E-state index contributed by atoms with van der Waals surface area (Å²) in [6.07, 6.45) is 4.87. The maximum absolute atomic E-state index is 12.8. The first-order valence-electron chi connectivity index (χ1n) is 10.6. The third kappa shape index (κ3) is 4.49. The number of benzene rings is 1. The molecule has 1 N–H and O–H groups in total. The van der Waals surface area contributed by atoms with E-state index in [1.54, 1.807) is 35.5 Å². The van der Waals surface area contributed by atoms with Crippen molar-refractivity contribution in [3.8, 4) is 0 Å². The van der Waals surface area contributed by atoms with E-state index in [1.807, 2.05) is 30.3 Å². The van der Waals surface area contributed by atoms with Crippen molar-refractivity contribution in [3.63, 3.8) is 0 Å². The van der Waals surface area contributed by atoms with E-state index < -0.39 is 0 Å². The molecule has 1 aliphatic rings. The number of nitrogens with zero attached hydrogens (tertiary/aromatic N) is 7. The molecular formula is C23H22N8O2. The van der Waals surface area contributed by atoms with Gasteiger partial charge in [0.2, 0.25) is 5.91 Å². The minimum Gasteiger partial charge on any atom is -0.352 e. The molecule has 10 nitrogen and oxygen atoms in total. The Hall–Kier alpha value is -4.34. The molecule has 166 valence electrons. The van der Waals surface area contributed by atoms with E-state index in [-0.39, 0.29) is 18.0 Å². The lowest BCUT2D eigenvalue weighted by atomic mass is 10.2. The molecule has 1 aliphatic heterocycles. The van der Waals surface area contributed by atoms with E-state index in [4.69, 9.17) is 0 Å². The Morgan fingerprint density at radius 2 is 1.82 bits per heavy atom. The van der Waals surface area contributed by atoms with Crippen LogP contribution in [-0.2, 0) is 11.3 Å². The first-order chi connectivity index (χ1) is 16.2. The van der Waals surface area contributed by atoms with Crippen molar-refractivity contribution < 1.29 is 4.79 Å². The summed E-state index contributed by atoms with van der Waals surface area (Å²) >= 11 is 0. The molecule has 4 heterocycles. The molecular weight excluding hydrogens is 420 g/mol. The lowest BCUT2D eigenvalue weighted by Gasteiger charge is -2.35. The van der Waals surface area contributed by atoms with E-state index in [0.717, 1.165) is 11.5 Å². The van der Waals surface area contributed by atoms with Gasteiger partial charge in [0.05, 0.1) is 29.1 Å². The molecule has 0 radical (unpaired) electrons. The van der Waals surface area contributed by atoms with Crippen LogP contribution in [0.5, 0.6) is 0 Å². The van der Waals surface area contributed by atoms with Gasteiger partial charge in [-0.25, -0.2) is 4.98 Å². The van der Waals surface area contributed by atoms with Crippen molar-refractivity contribution >= 4 is 34.1 Å². The van der Waals surface area contributed by atoms with Gasteiger partial charge in [0.1, 0.15) is 6.54 Å². The number of rotatable bonds is 5. The van der Waals surface area contributed by atoms with Crippen LogP contribution in [0, 0.1) is 0 Å². The van der Waals surface area contributed by atoms with Crippen LogP contribution in [0.4, 0.5) is 17.3 Å². The summed E-state index contributed by atoms with van der Waals surface area (Å²) < 4.78 is 1.37. The number of hydrogen-bond acceptors (Lipinski definition) is 8. The number of anilines is 3. The van der Waals surface area contributed by atoms with Gasteiger partial charge in [0.25, 0.3) is 5.56 Å². The fourth-order valence-electron chi connectivity index (χ4n) is 3.79. The molecule has 1 saturated heterocycles. The maximum atomic E-state index is 12.8. The van der Waals surface area contributed by atoms with Crippen LogP contribution in [0.2, 0.25) is 0 Å². The SMILES string of the molecule is O=C(Cn1cnc2ccccc2c1=O)N1CCN(c2ccc(Nc3cccnc3)nn2)CC1. The van der Waals surface area contributed by atoms with Crippen LogP contribution in [0.25, 0.3) is 10.9 Å². The lowest BCUT2D eigenvalue weighted by Crippen LogP contribution is -2.50. The zero-order valence-electron chi connectivity index (χ0n) is 17.8. The average molecular weight is 442 g/mol. The molecule has 33 heavy (non-hydrogen) atoms. The average Bonchev–Trinajstić information content (AvgIpc) is 2.87. The van der Waals surface area contributed by atoms with Gasteiger partial charge in [-0.15, -0.1) is 10.2 Å². The third-order valence-corrected chi connectivity index (χ3v) is 5.58. The molecule has 4 aromatic rings. The summed E-state index contributed by atoms with van der Waals surface area (Å²) in [7, 11) is 0. The van der Waals surface area contributed by atoms with E-state index in [1.165, 1.54) is 10.9 Å². The second kappa shape index (κ2) is 9.03. The number of hydrogen-bond donors (Lipinski definition) is 1.